The number of benzene rings is 4. The molecule has 0 fully saturated rings. The van der Waals surface area contributed by atoms with Crippen LogP contribution in [0.1, 0.15) is 27.2 Å². The molecule has 1 unspecified atom stereocenters. The molecule has 1 heterocycles. The average Bonchev–Trinajstić information content (AvgIpc) is 2.97. The summed E-state index contributed by atoms with van der Waals surface area (Å²) in [6, 6.07) is 28.1. The summed E-state index contributed by atoms with van der Waals surface area (Å²) in [5.74, 6) is 0.456. The van der Waals surface area contributed by atoms with E-state index in [1.165, 1.54) is 0 Å². The molecule has 1 atom stereocenters. The Morgan fingerprint density at radius 1 is 0.900 bits per heavy atom. The van der Waals surface area contributed by atoms with E-state index in [0.717, 1.165) is 77.4 Å². The standard InChI is InChI=1S/C33H35Cl2N5/c1-4-39(5-2)19-18-23(3)22-36-29-21-33-31(20-30(29)37-26-14-10-24(34)11-15-26)38-28-8-6-7-9-32(28)40(33)27-16-12-25(35)13-17-27/h6-17,20-21,23,37H,4-5,18-19,22H2,1-3H3. The third kappa shape index (κ3) is 6.49. The molecule has 1 N–H and O–H groups in total. The SMILES string of the molecule is CCN(CC)CCC(C)CN=c1cc2n(-c3ccc(Cl)cc3)c3ccccc3nc-2cc1Nc1ccc(Cl)cc1. The van der Waals surface area contributed by atoms with Crippen LogP contribution in [0.4, 0.5) is 11.4 Å². The predicted molar refractivity (Wildman–Crippen MR) is 169 cm³/mol. The van der Waals surface area contributed by atoms with E-state index in [-0.39, 0.29) is 0 Å². The minimum absolute atomic E-state index is 0.456. The lowest BCUT2D eigenvalue weighted by Gasteiger charge is -2.21. The summed E-state index contributed by atoms with van der Waals surface area (Å²) in [6.45, 7) is 10.7. The van der Waals surface area contributed by atoms with Gasteiger partial charge in [-0.2, -0.15) is 0 Å². The van der Waals surface area contributed by atoms with Gasteiger partial charge in [-0.3, -0.25) is 4.99 Å². The second-order valence-electron chi connectivity index (χ2n) is 10.2. The van der Waals surface area contributed by atoms with Crippen molar-refractivity contribution in [2.75, 3.05) is 31.5 Å². The largest absolute Gasteiger partial charge is 0.354 e. The number of aromatic nitrogens is 2. The molecule has 0 aromatic heterocycles. The Balaban J connectivity index is 1.64. The minimum atomic E-state index is 0.456. The summed E-state index contributed by atoms with van der Waals surface area (Å²) in [5, 5.41) is 5.88. The normalized spacial score (nSPS) is 12.9. The van der Waals surface area contributed by atoms with Gasteiger partial charge in [-0.05, 0) is 105 Å². The molecule has 0 spiro atoms. The second-order valence-corrected chi connectivity index (χ2v) is 11.0. The topological polar surface area (TPSA) is 45.5 Å². The predicted octanol–water partition coefficient (Wildman–Crippen LogP) is 8.45. The number of anilines is 2. The first-order valence-electron chi connectivity index (χ1n) is 13.9. The van der Waals surface area contributed by atoms with Gasteiger partial charge in [-0.15, -0.1) is 0 Å². The molecule has 0 saturated carbocycles. The highest BCUT2D eigenvalue weighted by molar-refractivity contribution is 6.30. The third-order valence-electron chi connectivity index (χ3n) is 7.31. The molecule has 3 aromatic rings. The Hall–Kier alpha value is -3.38. The van der Waals surface area contributed by atoms with Crippen LogP contribution in [0.25, 0.3) is 28.1 Å². The first-order valence-corrected chi connectivity index (χ1v) is 14.7. The first-order chi connectivity index (χ1) is 19.4. The number of hydrogen-bond donors (Lipinski definition) is 1. The number of nitrogens with zero attached hydrogens (tertiary/aromatic N) is 4. The van der Waals surface area contributed by atoms with Crippen LogP contribution in [0.15, 0.2) is 89.9 Å². The van der Waals surface area contributed by atoms with E-state index in [1.54, 1.807) is 0 Å². The molecule has 5 rings (SSSR count). The summed E-state index contributed by atoms with van der Waals surface area (Å²) in [7, 11) is 0. The Kier molecular flexibility index (Phi) is 9.05. The van der Waals surface area contributed by atoms with Crippen molar-refractivity contribution in [3.63, 3.8) is 0 Å². The number of halogens is 2. The molecular weight excluding hydrogens is 537 g/mol. The van der Waals surface area contributed by atoms with Crippen LogP contribution in [-0.4, -0.2) is 40.6 Å². The number of rotatable bonds is 10. The molecule has 2 aliphatic rings. The van der Waals surface area contributed by atoms with E-state index >= 15 is 0 Å². The highest BCUT2D eigenvalue weighted by atomic mass is 35.5. The molecule has 5 nitrogen and oxygen atoms in total. The molecule has 206 valence electrons. The zero-order valence-electron chi connectivity index (χ0n) is 23.2. The van der Waals surface area contributed by atoms with Crippen molar-refractivity contribution < 1.29 is 0 Å². The zero-order chi connectivity index (χ0) is 28.1. The van der Waals surface area contributed by atoms with Gasteiger partial charge in [0.1, 0.15) is 0 Å². The van der Waals surface area contributed by atoms with Crippen LogP contribution in [0.3, 0.4) is 0 Å². The van der Waals surface area contributed by atoms with E-state index < -0.39 is 0 Å². The van der Waals surface area contributed by atoms with Gasteiger partial charge in [0.25, 0.3) is 0 Å². The van der Waals surface area contributed by atoms with Crippen molar-refractivity contribution in [2.24, 2.45) is 10.9 Å². The first kappa shape index (κ1) is 28.2. The van der Waals surface area contributed by atoms with E-state index in [2.05, 4.69) is 53.8 Å². The highest BCUT2D eigenvalue weighted by Crippen LogP contribution is 2.31. The van der Waals surface area contributed by atoms with Crippen molar-refractivity contribution >= 4 is 45.6 Å². The maximum atomic E-state index is 6.25. The molecule has 0 bridgehead atoms. The van der Waals surface area contributed by atoms with Crippen molar-refractivity contribution in [3.8, 4) is 17.1 Å². The molecule has 1 aliphatic carbocycles. The van der Waals surface area contributed by atoms with E-state index in [4.69, 9.17) is 33.2 Å². The molecule has 7 heteroatoms. The lowest BCUT2D eigenvalue weighted by molar-refractivity contribution is 0.281. The summed E-state index contributed by atoms with van der Waals surface area (Å²) < 4.78 is 2.24. The second kappa shape index (κ2) is 12.9. The molecule has 0 amide bonds. The number of para-hydroxylation sites is 2. The van der Waals surface area contributed by atoms with Gasteiger partial charge < -0.3 is 14.8 Å². The fraction of sp³-hybridized carbons (Fsp3) is 0.273. The number of nitrogens with one attached hydrogen (secondary N) is 1. The van der Waals surface area contributed by atoms with Gasteiger partial charge >= 0.3 is 0 Å². The number of hydrogen-bond acceptors (Lipinski definition) is 4. The number of fused-ring (bicyclic) bond motifs is 2. The highest BCUT2D eigenvalue weighted by Gasteiger charge is 2.17. The van der Waals surface area contributed by atoms with Crippen LogP contribution in [0.5, 0.6) is 0 Å². The monoisotopic (exact) mass is 571 g/mol. The fourth-order valence-electron chi connectivity index (χ4n) is 4.92. The molecule has 1 aliphatic heterocycles. The van der Waals surface area contributed by atoms with Crippen molar-refractivity contribution in [2.45, 2.75) is 27.2 Å². The van der Waals surface area contributed by atoms with Gasteiger partial charge in [-0.25, -0.2) is 4.98 Å². The van der Waals surface area contributed by atoms with Gasteiger partial charge in [0, 0.05) is 28.0 Å². The van der Waals surface area contributed by atoms with Gasteiger partial charge in [0.2, 0.25) is 0 Å². The summed E-state index contributed by atoms with van der Waals surface area (Å²) >= 11 is 12.4. The third-order valence-corrected chi connectivity index (χ3v) is 7.82. The minimum Gasteiger partial charge on any atom is -0.354 e. The summed E-state index contributed by atoms with van der Waals surface area (Å²) in [6.07, 6.45) is 1.11. The summed E-state index contributed by atoms with van der Waals surface area (Å²) in [4.78, 5) is 12.7. The van der Waals surface area contributed by atoms with Crippen molar-refractivity contribution in [3.05, 3.63) is 100 Å². The lowest BCUT2D eigenvalue weighted by Crippen LogP contribution is -2.26. The van der Waals surface area contributed by atoms with Gasteiger partial charge in [0.05, 0.1) is 33.5 Å². The van der Waals surface area contributed by atoms with Crippen LogP contribution in [0.2, 0.25) is 10.0 Å². The Morgan fingerprint density at radius 3 is 2.27 bits per heavy atom. The quantitative estimate of drug-likeness (QED) is 0.171. The van der Waals surface area contributed by atoms with E-state index in [9.17, 15) is 0 Å². The molecular formula is C33H35Cl2N5. The van der Waals surface area contributed by atoms with Crippen molar-refractivity contribution in [1.29, 1.82) is 0 Å². The lowest BCUT2D eigenvalue weighted by atomic mass is 10.1. The van der Waals surface area contributed by atoms with Gasteiger partial charge in [-0.1, -0.05) is 56.1 Å². The van der Waals surface area contributed by atoms with E-state index in [0.29, 0.717) is 16.0 Å². The summed E-state index contributed by atoms with van der Waals surface area (Å²) in [5.41, 5.74) is 6.67. The van der Waals surface area contributed by atoms with Gasteiger partial charge in [0.15, 0.2) is 0 Å². The Bertz CT molecular complexity index is 1610. The average molecular weight is 573 g/mol. The maximum absolute atomic E-state index is 6.25. The molecule has 40 heavy (non-hydrogen) atoms. The Labute approximate surface area is 246 Å². The van der Waals surface area contributed by atoms with Crippen LogP contribution in [-0.2, 0) is 0 Å². The van der Waals surface area contributed by atoms with Crippen molar-refractivity contribution in [1.82, 2.24) is 14.5 Å². The molecule has 0 radical (unpaired) electrons. The van der Waals surface area contributed by atoms with Crippen LogP contribution in [0, 0.1) is 5.92 Å². The van der Waals surface area contributed by atoms with Crippen LogP contribution >= 0.6 is 23.2 Å². The smallest absolute Gasteiger partial charge is 0.0900 e. The van der Waals surface area contributed by atoms with E-state index in [1.807, 2.05) is 66.7 Å². The zero-order valence-corrected chi connectivity index (χ0v) is 24.8. The maximum Gasteiger partial charge on any atom is 0.0900 e. The molecule has 0 saturated heterocycles. The molecule has 3 aromatic carbocycles. The fourth-order valence-corrected chi connectivity index (χ4v) is 5.17. The Morgan fingerprint density at radius 2 is 1.57 bits per heavy atom. The van der Waals surface area contributed by atoms with Crippen LogP contribution < -0.4 is 10.7 Å².